The molecule has 0 heteroatoms. The van der Waals surface area contributed by atoms with E-state index in [1.54, 1.807) is 0 Å². The molecule has 42 heavy (non-hydrogen) atoms. The minimum atomic E-state index is -0.391. The molecule has 194 valence electrons. The molecule has 0 unspecified atom stereocenters. The topological polar surface area (TPSA) is 0 Å². The lowest BCUT2D eigenvalue weighted by atomic mass is 9.83. The predicted molar refractivity (Wildman–Crippen MR) is 181 cm³/mol. The van der Waals surface area contributed by atoms with Crippen LogP contribution in [0.1, 0.15) is 6.85 Å². The molecule has 0 atom stereocenters. The smallest absolute Gasteiger partial charge is 0.0622 e. The van der Waals surface area contributed by atoms with Gasteiger partial charge < -0.3 is 0 Å². The standard InChI is InChI=1S/C42H26/c1-3-11-27(12-4-1)31-23-19-29-21-25-37-38(26-22-30-20-24-36(31)40(29)41(30)37)42-34-17-9-7-15-32(34)39(28-13-5-2-6-14-28)33-16-8-10-18-35(33)42/h1-26H/i2D,5D,6D,13D,14D. The number of fused-ring (bicyclic) bond motifs is 2. The Kier molecular flexibility index (Phi) is 4.04. The largest absolute Gasteiger partial charge is 0.0629 e. The molecule has 0 heterocycles. The third-order valence-corrected chi connectivity index (χ3v) is 8.70. The average molecular weight is 536 g/mol. The Morgan fingerprint density at radius 3 is 1.40 bits per heavy atom. The number of hydrogen-bond acceptors (Lipinski definition) is 0. The molecule has 0 fully saturated rings. The average Bonchev–Trinajstić information content (AvgIpc) is 3.12. The first-order chi connectivity index (χ1) is 22.9. The quantitative estimate of drug-likeness (QED) is 0.156. The Labute approximate surface area is 251 Å². The highest BCUT2D eigenvalue weighted by Gasteiger charge is 2.20. The minimum absolute atomic E-state index is 0.198. The van der Waals surface area contributed by atoms with Gasteiger partial charge in [0.05, 0.1) is 6.85 Å². The van der Waals surface area contributed by atoms with Crippen molar-refractivity contribution in [2.75, 3.05) is 0 Å². The Hall–Kier alpha value is -5.46. The SMILES string of the molecule is [2H]c1c([2H])c([2H])c(-c2c3ccccc3c(-c3ccc4ccc5c(-c6ccccc6)ccc6ccc3c4c65)c3ccccc23)c([2H])c1[2H]. The van der Waals surface area contributed by atoms with E-state index in [1.165, 1.54) is 38.1 Å². The van der Waals surface area contributed by atoms with Crippen LogP contribution in [0.3, 0.4) is 0 Å². The Balaban J connectivity index is 1.43. The molecule has 9 aromatic rings. The fraction of sp³-hybridized carbons (Fsp3) is 0. The van der Waals surface area contributed by atoms with Crippen LogP contribution in [0.2, 0.25) is 0 Å². The summed E-state index contributed by atoms with van der Waals surface area (Å²) in [7, 11) is 0. The van der Waals surface area contributed by atoms with Gasteiger partial charge in [0, 0.05) is 0 Å². The van der Waals surface area contributed by atoms with Crippen LogP contribution in [-0.2, 0) is 0 Å². The zero-order chi connectivity index (χ0) is 32.0. The van der Waals surface area contributed by atoms with E-state index in [2.05, 4.69) is 84.9 Å². The van der Waals surface area contributed by atoms with Crippen molar-refractivity contribution in [1.82, 2.24) is 0 Å². The number of benzene rings is 9. The van der Waals surface area contributed by atoms with Gasteiger partial charge in [0.25, 0.3) is 0 Å². The zero-order valence-electron chi connectivity index (χ0n) is 27.6. The van der Waals surface area contributed by atoms with Crippen molar-refractivity contribution in [3.05, 3.63) is 158 Å². The Morgan fingerprint density at radius 1 is 0.333 bits per heavy atom. The van der Waals surface area contributed by atoms with E-state index in [9.17, 15) is 0 Å². The molecule has 0 radical (unpaired) electrons. The molecule has 0 aliphatic carbocycles. The lowest BCUT2D eigenvalue weighted by Gasteiger charge is -2.20. The number of rotatable bonds is 3. The van der Waals surface area contributed by atoms with Crippen LogP contribution in [0.15, 0.2) is 158 Å². The van der Waals surface area contributed by atoms with E-state index < -0.39 is 6.04 Å². The van der Waals surface area contributed by atoms with Gasteiger partial charge in [0.2, 0.25) is 0 Å². The third kappa shape index (κ3) is 3.30. The van der Waals surface area contributed by atoms with Gasteiger partial charge in [-0.3, -0.25) is 0 Å². The number of hydrogen-bond donors (Lipinski definition) is 0. The van der Waals surface area contributed by atoms with E-state index in [0.29, 0.717) is 5.56 Å². The van der Waals surface area contributed by atoms with Crippen molar-refractivity contribution >= 4 is 53.9 Å². The highest BCUT2D eigenvalue weighted by Crippen LogP contribution is 2.47. The maximum atomic E-state index is 8.88. The summed E-state index contributed by atoms with van der Waals surface area (Å²) in [5.74, 6) is 0. The van der Waals surface area contributed by atoms with Crippen molar-refractivity contribution in [1.29, 1.82) is 0 Å². The van der Waals surface area contributed by atoms with Crippen LogP contribution in [0, 0.1) is 0 Å². The summed E-state index contributed by atoms with van der Waals surface area (Å²) < 4.78 is 42.8. The molecule has 9 aromatic carbocycles. The molecule has 0 aromatic heterocycles. The normalized spacial score (nSPS) is 13.5. The van der Waals surface area contributed by atoms with E-state index in [0.717, 1.165) is 38.1 Å². The van der Waals surface area contributed by atoms with Gasteiger partial charge in [-0.05, 0) is 87.2 Å². The van der Waals surface area contributed by atoms with Gasteiger partial charge in [-0.1, -0.05) is 158 Å². The summed E-state index contributed by atoms with van der Waals surface area (Å²) >= 11 is 0. The van der Waals surface area contributed by atoms with Crippen LogP contribution in [0.5, 0.6) is 0 Å². The van der Waals surface area contributed by atoms with Crippen molar-refractivity contribution in [3.8, 4) is 33.4 Å². The van der Waals surface area contributed by atoms with Crippen molar-refractivity contribution < 1.29 is 6.85 Å². The molecule has 0 bridgehead atoms. The van der Waals surface area contributed by atoms with Gasteiger partial charge in [-0.15, -0.1) is 0 Å². The Bertz CT molecular complexity index is 2640. The van der Waals surface area contributed by atoms with Crippen molar-refractivity contribution in [2.45, 2.75) is 0 Å². The summed E-state index contributed by atoms with van der Waals surface area (Å²) in [6.45, 7) is 0. The minimum Gasteiger partial charge on any atom is -0.0622 e. The summed E-state index contributed by atoms with van der Waals surface area (Å²) in [6.07, 6.45) is 0. The maximum Gasteiger partial charge on any atom is 0.0629 e. The zero-order valence-corrected chi connectivity index (χ0v) is 22.6. The van der Waals surface area contributed by atoms with Crippen LogP contribution in [0.4, 0.5) is 0 Å². The molecule has 9 rings (SSSR count). The molecule has 0 amide bonds. The first-order valence-corrected chi connectivity index (χ1v) is 14.2. The van der Waals surface area contributed by atoms with Crippen LogP contribution in [-0.4, -0.2) is 0 Å². The van der Waals surface area contributed by atoms with E-state index >= 15 is 0 Å². The van der Waals surface area contributed by atoms with Gasteiger partial charge >= 0.3 is 0 Å². The molecular formula is C42H26. The van der Waals surface area contributed by atoms with Gasteiger partial charge in [0.15, 0.2) is 0 Å². The van der Waals surface area contributed by atoms with Crippen molar-refractivity contribution in [2.24, 2.45) is 0 Å². The monoisotopic (exact) mass is 535 g/mol. The lowest BCUT2D eigenvalue weighted by molar-refractivity contribution is 1.66. The maximum absolute atomic E-state index is 8.88. The van der Waals surface area contributed by atoms with E-state index in [-0.39, 0.29) is 29.7 Å². The van der Waals surface area contributed by atoms with Crippen LogP contribution in [0.25, 0.3) is 87.2 Å². The first kappa shape index (κ1) is 18.8. The molecule has 0 aliphatic heterocycles. The molecule has 0 saturated heterocycles. The first-order valence-electron chi connectivity index (χ1n) is 16.7. The van der Waals surface area contributed by atoms with E-state index in [1.807, 2.05) is 42.5 Å². The molecule has 0 nitrogen and oxygen atoms in total. The van der Waals surface area contributed by atoms with Crippen molar-refractivity contribution in [3.63, 3.8) is 0 Å². The molecule has 0 aliphatic rings. The van der Waals surface area contributed by atoms with Gasteiger partial charge in [-0.25, -0.2) is 0 Å². The second-order valence-electron chi connectivity index (χ2n) is 10.9. The highest BCUT2D eigenvalue weighted by molar-refractivity contribution is 6.30. The predicted octanol–water partition coefficient (Wildman–Crippen LogP) is 11.9. The second-order valence-corrected chi connectivity index (χ2v) is 10.9. The summed E-state index contributed by atoms with van der Waals surface area (Å²) in [4.78, 5) is 0. The second kappa shape index (κ2) is 9.03. The van der Waals surface area contributed by atoms with Gasteiger partial charge in [0.1, 0.15) is 0 Å². The van der Waals surface area contributed by atoms with Crippen LogP contribution >= 0.6 is 0 Å². The van der Waals surface area contributed by atoms with E-state index in [4.69, 9.17) is 6.85 Å². The molecular weight excluding hydrogens is 504 g/mol. The lowest BCUT2D eigenvalue weighted by Crippen LogP contribution is -1.93. The fourth-order valence-corrected chi connectivity index (χ4v) is 6.95. The highest BCUT2D eigenvalue weighted by atomic mass is 14.2. The Morgan fingerprint density at radius 2 is 0.810 bits per heavy atom. The molecule has 0 saturated carbocycles. The summed E-state index contributed by atoms with van der Waals surface area (Å²) in [5.41, 5.74) is 5.43. The summed E-state index contributed by atoms with van der Waals surface area (Å²) in [5, 5.41) is 10.8. The molecule has 0 spiro atoms. The van der Waals surface area contributed by atoms with Crippen LogP contribution < -0.4 is 0 Å². The third-order valence-electron chi connectivity index (χ3n) is 8.70. The van der Waals surface area contributed by atoms with Gasteiger partial charge in [-0.2, -0.15) is 0 Å². The summed E-state index contributed by atoms with van der Waals surface area (Å²) in [6, 6.07) is 42.9. The fourth-order valence-electron chi connectivity index (χ4n) is 6.95. The molecule has 0 N–H and O–H groups in total.